The van der Waals surface area contributed by atoms with Crippen LogP contribution in [0.15, 0.2) is 0 Å². The zero-order valence-electron chi connectivity index (χ0n) is 7.15. The quantitative estimate of drug-likeness (QED) is 0.691. The van der Waals surface area contributed by atoms with E-state index in [1.807, 2.05) is 0 Å². The van der Waals surface area contributed by atoms with E-state index < -0.39 is 18.8 Å². The SMILES string of the molecule is CC(C)NC(CCO)C(F)(F)F. The van der Waals surface area contributed by atoms with Gasteiger partial charge in [-0.15, -0.1) is 0 Å². The summed E-state index contributed by atoms with van der Waals surface area (Å²) in [6.07, 6.45) is -4.56. The first-order valence-electron chi connectivity index (χ1n) is 3.81. The lowest BCUT2D eigenvalue weighted by Crippen LogP contribution is -2.45. The Morgan fingerprint density at radius 1 is 1.33 bits per heavy atom. The first-order chi connectivity index (χ1) is 5.38. The van der Waals surface area contributed by atoms with Crippen LogP contribution in [0.2, 0.25) is 0 Å². The largest absolute Gasteiger partial charge is 0.403 e. The first-order valence-corrected chi connectivity index (χ1v) is 3.81. The Morgan fingerprint density at radius 3 is 2.08 bits per heavy atom. The van der Waals surface area contributed by atoms with Crippen molar-refractivity contribution in [2.45, 2.75) is 38.5 Å². The molecule has 0 aliphatic rings. The summed E-state index contributed by atoms with van der Waals surface area (Å²) in [6.45, 7) is 2.82. The predicted octanol–water partition coefficient (Wildman–Crippen LogP) is 1.30. The molecule has 0 bridgehead atoms. The molecule has 1 unspecified atom stereocenters. The number of alkyl halides is 3. The van der Waals surface area contributed by atoms with Gasteiger partial charge in [-0.25, -0.2) is 0 Å². The van der Waals surface area contributed by atoms with Gasteiger partial charge in [0.15, 0.2) is 0 Å². The van der Waals surface area contributed by atoms with Gasteiger partial charge < -0.3 is 10.4 Å². The molecular weight excluding hydrogens is 171 g/mol. The van der Waals surface area contributed by atoms with Gasteiger partial charge in [-0.05, 0) is 6.42 Å². The third-order valence-electron chi connectivity index (χ3n) is 1.35. The number of nitrogens with one attached hydrogen (secondary N) is 1. The second kappa shape index (κ2) is 4.67. The minimum atomic E-state index is -4.27. The van der Waals surface area contributed by atoms with Gasteiger partial charge in [-0.1, -0.05) is 13.8 Å². The highest BCUT2D eigenvalue weighted by Gasteiger charge is 2.38. The van der Waals surface area contributed by atoms with Crippen molar-refractivity contribution in [2.24, 2.45) is 0 Å². The molecule has 2 nitrogen and oxygen atoms in total. The van der Waals surface area contributed by atoms with Crippen molar-refractivity contribution in [3.8, 4) is 0 Å². The van der Waals surface area contributed by atoms with E-state index in [1.165, 1.54) is 0 Å². The van der Waals surface area contributed by atoms with Crippen molar-refractivity contribution >= 4 is 0 Å². The zero-order chi connectivity index (χ0) is 9.78. The molecule has 0 amide bonds. The van der Waals surface area contributed by atoms with Crippen LogP contribution in [0.25, 0.3) is 0 Å². The van der Waals surface area contributed by atoms with Gasteiger partial charge in [-0.2, -0.15) is 13.2 Å². The molecule has 12 heavy (non-hydrogen) atoms. The number of hydrogen-bond acceptors (Lipinski definition) is 2. The van der Waals surface area contributed by atoms with Crippen molar-refractivity contribution in [3.05, 3.63) is 0 Å². The average Bonchev–Trinajstić information content (AvgIpc) is 1.83. The maximum absolute atomic E-state index is 12.1. The second-order valence-corrected chi connectivity index (χ2v) is 2.93. The highest BCUT2D eigenvalue weighted by Crippen LogP contribution is 2.22. The fourth-order valence-electron chi connectivity index (χ4n) is 0.873. The van der Waals surface area contributed by atoms with Crippen LogP contribution in [0.1, 0.15) is 20.3 Å². The van der Waals surface area contributed by atoms with Gasteiger partial charge in [0.2, 0.25) is 0 Å². The maximum Gasteiger partial charge on any atom is 0.403 e. The van der Waals surface area contributed by atoms with Crippen LogP contribution in [0, 0.1) is 0 Å². The van der Waals surface area contributed by atoms with Gasteiger partial charge >= 0.3 is 6.18 Å². The Balaban J connectivity index is 4.04. The Labute approximate surface area is 69.8 Å². The first kappa shape index (κ1) is 11.7. The standard InChI is InChI=1S/C7H14F3NO/c1-5(2)11-6(3-4-12)7(8,9)10/h5-6,11-12H,3-4H2,1-2H3. The summed E-state index contributed by atoms with van der Waals surface area (Å²) in [4.78, 5) is 0. The topological polar surface area (TPSA) is 32.3 Å². The van der Waals surface area contributed by atoms with E-state index in [1.54, 1.807) is 13.8 Å². The number of hydrogen-bond donors (Lipinski definition) is 2. The van der Waals surface area contributed by atoms with E-state index in [0.717, 1.165) is 0 Å². The van der Waals surface area contributed by atoms with E-state index in [9.17, 15) is 13.2 Å². The molecule has 1 atom stereocenters. The van der Waals surface area contributed by atoms with Crippen molar-refractivity contribution in [1.82, 2.24) is 5.32 Å². The molecule has 0 aliphatic heterocycles. The third-order valence-corrected chi connectivity index (χ3v) is 1.35. The highest BCUT2D eigenvalue weighted by atomic mass is 19.4. The molecule has 5 heteroatoms. The monoisotopic (exact) mass is 185 g/mol. The summed E-state index contributed by atoms with van der Waals surface area (Å²) in [7, 11) is 0. The second-order valence-electron chi connectivity index (χ2n) is 2.93. The summed E-state index contributed by atoms with van der Waals surface area (Å²) in [6, 6.07) is -1.83. The summed E-state index contributed by atoms with van der Waals surface area (Å²) < 4.78 is 36.3. The van der Waals surface area contributed by atoms with E-state index in [0.29, 0.717) is 0 Å². The highest BCUT2D eigenvalue weighted by molar-refractivity contribution is 4.76. The summed E-state index contributed by atoms with van der Waals surface area (Å²) in [5.74, 6) is 0. The van der Waals surface area contributed by atoms with E-state index in [2.05, 4.69) is 5.32 Å². The van der Waals surface area contributed by atoms with Crippen LogP contribution in [0.5, 0.6) is 0 Å². The average molecular weight is 185 g/mol. The smallest absolute Gasteiger partial charge is 0.396 e. The zero-order valence-corrected chi connectivity index (χ0v) is 7.15. The Hall–Kier alpha value is -0.290. The molecule has 0 aromatic heterocycles. The van der Waals surface area contributed by atoms with Gasteiger partial charge in [0.25, 0.3) is 0 Å². The minimum absolute atomic E-state index is 0.233. The van der Waals surface area contributed by atoms with Gasteiger partial charge in [-0.3, -0.25) is 0 Å². The lowest BCUT2D eigenvalue weighted by molar-refractivity contribution is -0.160. The van der Waals surface area contributed by atoms with Crippen molar-refractivity contribution in [1.29, 1.82) is 0 Å². The van der Waals surface area contributed by atoms with Gasteiger partial charge in [0, 0.05) is 12.6 Å². The fraction of sp³-hybridized carbons (Fsp3) is 1.00. The normalized spacial score (nSPS) is 15.2. The van der Waals surface area contributed by atoms with Crippen LogP contribution in [-0.2, 0) is 0 Å². The number of halogens is 3. The van der Waals surface area contributed by atoms with Crippen molar-refractivity contribution in [3.63, 3.8) is 0 Å². The molecule has 0 aliphatic carbocycles. The fourth-order valence-corrected chi connectivity index (χ4v) is 0.873. The predicted molar refractivity (Wildman–Crippen MR) is 39.8 cm³/mol. The van der Waals surface area contributed by atoms with Gasteiger partial charge in [0.1, 0.15) is 6.04 Å². The molecule has 0 saturated heterocycles. The molecule has 0 aromatic carbocycles. The summed E-state index contributed by atoms with van der Waals surface area (Å²) in [5, 5.41) is 10.7. The maximum atomic E-state index is 12.1. The third kappa shape index (κ3) is 4.56. The number of aliphatic hydroxyl groups is 1. The lowest BCUT2D eigenvalue weighted by atomic mass is 10.2. The molecule has 0 heterocycles. The molecule has 0 rings (SSSR count). The molecule has 0 spiro atoms. The molecule has 0 saturated carbocycles. The van der Waals surface area contributed by atoms with Crippen LogP contribution in [0.3, 0.4) is 0 Å². The Bertz CT molecular complexity index is 124. The van der Waals surface area contributed by atoms with Gasteiger partial charge in [0.05, 0.1) is 0 Å². The number of rotatable bonds is 4. The summed E-state index contributed by atoms with van der Waals surface area (Å²) >= 11 is 0. The molecule has 0 fully saturated rings. The molecule has 2 N–H and O–H groups in total. The minimum Gasteiger partial charge on any atom is -0.396 e. The van der Waals surface area contributed by atoms with E-state index in [-0.39, 0.29) is 12.5 Å². The lowest BCUT2D eigenvalue weighted by Gasteiger charge is -2.22. The summed E-state index contributed by atoms with van der Waals surface area (Å²) in [5.41, 5.74) is 0. The molecule has 0 radical (unpaired) electrons. The van der Waals surface area contributed by atoms with Crippen LogP contribution < -0.4 is 5.32 Å². The van der Waals surface area contributed by atoms with E-state index >= 15 is 0 Å². The molecule has 0 aromatic rings. The van der Waals surface area contributed by atoms with Crippen LogP contribution in [-0.4, -0.2) is 30.0 Å². The molecule has 74 valence electrons. The van der Waals surface area contributed by atoms with Crippen molar-refractivity contribution in [2.75, 3.05) is 6.61 Å². The van der Waals surface area contributed by atoms with Crippen LogP contribution in [0.4, 0.5) is 13.2 Å². The van der Waals surface area contributed by atoms with E-state index in [4.69, 9.17) is 5.11 Å². The van der Waals surface area contributed by atoms with Crippen LogP contribution >= 0.6 is 0 Å². The number of aliphatic hydroxyl groups excluding tert-OH is 1. The molecular formula is C7H14F3NO. The van der Waals surface area contributed by atoms with Crippen molar-refractivity contribution < 1.29 is 18.3 Å². The Morgan fingerprint density at radius 2 is 1.83 bits per heavy atom. The Kier molecular flexibility index (Phi) is 4.55.